The molecule has 0 spiro atoms. The van der Waals surface area contributed by atoms with Crippen LogP contribution in [0, 0.1) is 13.8 Å². The summed E-state index contributed by atoms with van der Waals surface area (Å²) in [5, 5.41) is 8.59. The Morgan fingerprint density at radius 2 is 1.59 bits per heavy atom. The minimum absolute atomic E-state index is 0.0701. The van der Waals surface area contributed by atoms with E-state index in [2.05, 4.69) is 46.3 Å². The highest BCUT2D eigenvalue weighted by molar-refractivity contribution is 6.30. The van der Waals surface area contributed by atoms with E-state index < -0.39 is 0 Å². The minimum atomic E-state index is 0.0701. The van der Waals surface area contributed by atoms with E-state index in [0.29, 0.717) is 13.1 Å². The first-order valence-corrected chi connectivity index (χ1v) is 12.4. The maximum absolute atomic E-state index is 12.7. The van der Waals surface area contributed by atoms with Crippen molar-refractivity contribution in [3.05, 3.63) is 87.7 Å². The lowest BCUT2D eigenvalue weighted by Gasteiger charge is -2.21. The number of aromatic nitrogens is 2. The molecule has 0 unspecified atom stereocenters. The molecule has 2 heterocycles. The summed E-state index contributed by atoms with van der Waals surface area (Å²) in [4.78, 5) is 17.4. The zero-order valence-corrected chi connectivity index (χ0v) is 20.9. The largest absolute Gasteiger partial charge is 0.351 e. The molecule has 34 heavy (non-hydrogen) atoms. The van der Waals surface area contributed by atoms with E-state index in [1.807, 2.05) is 41.9 Å². The van der Waals surface area contributed by atoms with Crippen LogP contribution in [0.2, 0.25) is 5.02 Å². The number of carbonyl (C=O) groups excluding carboxylic acids is 1. The number of amides is 1. The molecule has 1 aromatic heterocycles. The van der Waals surface area contributed by atoms with Crippen molar-refractivity contribution in [2.45, 2.75) is 39.9 Å². The number of carbonyl (C=O) groups is 1. The molecule has 6 nitrogen and oxygen atoms in total. The SMILES string of the molecule is Cc1nn(Cc2ccccc2)c(C)c1CNC(=O)CN1CCCN(Cc2ccc(Cl)cc2)CC1. The van der Waals surface area contributed by atoms with E-state index in [-0.39, 0.29) is 5.91 Å². The number of aryl methyl sites for hydroxylation is 1. The van der Waals surface area contributed by atoms with Gasteiger partial charge in [0.05, 0.1) is 18.8 Å². The maximum atomic E-state index is 12.7. The Balaban J connectivity index is 1.25. The van der Waals surface area contributed by atoms with Gasteiger partial charge in [0.2, 0.25) is 5.91 Å². The normalized spacial score (nSPS) is 15.3. The van der Waals surface area contributed by atoms with E-state index >= 15 is 0 Å². The highest BCUT2D eigenvalue weighted by atomic mass is 35.5. The van der Waals surface area contributed by atoms with Gasteiger partial charge >= 0.3 is 0 Å². The molecule has 0 saturated carbocycles. The first-order chi connectivity index (χ1) is 16.5. The van der Waals surface area contributed by atoms with Crippen LogP contribution in [0.25, 0.3) is 0 Å². The molecule has 180 valence electrons. The Hall–Kier alpha value is -2.67. The van der Waals surface area contributed by atoms with Crippen molar-refractivity contribution in [1.29, 1.82) is 0 Å². The number of rotatable bonds is 8. The van der Waals surface area contributed by atoms with Gasteiger partial charge in [0.1, 0.15) is 0 Å². The predicted octanol–water partition coefficient (Wildman–Crippen LogP) is 4.03. The number of halogens is 1. The molecule has 1 saturated heterocycles. The van der Waals surface area contributed by atoms with Crippen molar-refractivity contribution in [3.63, 3.8) is 0 Å². The second-order valence-corrected chi connectivity index (χ2v) is 9.54. The standard InChI is InChI=1S/C27H34ClN5O/c1-21-26(22(2)33(30-21)19-23-7-4-3-5-8-23)17-29-27(34)20-32-14-6-13-31(15-16-32)18-24-9-11-25(28)12-10-24/h3-5,7-12H,6,13-20H2,1-2H3,(H,29,34). The lowest BCUT2D eigenvalue weighted by atomic mass is 10.2. The molecular formula is C27H34ClN5O. The van der Waals surface area contributed by atoms with Gasteiger partial charge in [-0.2, -0.15) is 5.10 Å². The van der Waals surface area contributed by atoms with Gasteiger partial charge in [-0.15, -0.1) is 0 Å². The second-order valence-electron chi connectivity index (χ2n) is 9.10. The molecule has 0 bridgehead atoms. The summed E-state index contributed by atoms with van der Waals surface area (Å²) in [5.41, 5.74) is 5.67. The van der Waals surface area contributed by atoms with Gasteiger partial charge in [-0.3, -0.25) is 19.3 Å². The van der Waals surface area contributed by atoms with Gasteiger partial charge in [-0.05, 0) is 56.6 Å². The van der Waals surface area contributed by atoms with Crippen LogP contribution in [0.15, 0.2) is 54.6 Å². The summed E-state index contributed by atoms with van der Waals surface area (Å²) < 4.78 is 2.02. The zero-order chi connectivity index (χ0) is 23.9. The fourth-order valence-corrected chi connectivity index (χ4v) is 4.66. The second kappa shape index (κ2) is 11.6. The Kier molecular flexibility index (Phi) is 8.38. The van der Waals surface area contributed by atoms with Gasteiger partial charge in [-0.1, -0.05) is 54.1 Å². The monoisotopic (exact) mass is 479 g/mol. The van der Waals surface area contributed by atoms with E-state index in [1.165, 1.54) is 11.1 Å². The molecule has 0 radical (unpaired) electrons. The van der Waals surface area contributed by atoms with Crippen LogP contribution in [0.5, 0.6) is 0 Å². The molecule has 1 aliphatic rings. The Labute approximate surface area is 207 Å². The third-order valence-electron chi connectivity index (χ3n) is 6.54. The quantitative estimate of drug-likeness (QED) is 0.530. The fourth-order valence-electron chi connectivity index (χ4n) is 4.53. The van der Waals surface area contributed by atoms with Crippen LogP contribution < -0.4 is 5.32 Å². The van der Waals surface area contributed by atoms with Crippen LogP contribution in [0.3, 0.4) is 0 Å². The summed E-state index contributed by atoms with van der Waals surface area (Å²) in [7, 11) is 0. The number of hydrogen-bond acceptors (Lipinski definition) is 4. The summed E-state index contributed by atoms with van der Waals surface area (Å²) in [6.07, 6.45) is 1.06. The van der Waals surface area contributed by atoms with Crippen LogP contribution in [-0.4, -0.2) is 58.2 Å². The third kappa shape index (κ3) is 6.69. The average Bonchev–Trinajstić information content (AvgIpc) is 2.96. The third-order valence-corrected chi connectivity index (χ3v) is 6.79. The van der Waals surface area contributed by atoms with Gasteiger partial charge < -0.3 is 5.32 Å². The fraction of sp³-hybridized carbons (Fsp3) is 0.407. The topological polar surface area (TPSA) is 53.4 Å². The van der Waals surface area contributed by atoms with Crippen LogP contribution in [0.1, 0.15) is 34.5 Å². The van der Waals surface area contributed by atoms with Crippen molar-refractivity contribution >= 4 is 17.5 Å². The Bertz CT molecular complexity index is 1080. The molecule has 7 heteroatoms. The molecule has 0 aliphatic carbocycles. The Morgan fingerprint density at radius 3 is 2.35 bits per heavy atom. The number of nitrogens with zero attached hydrogens (tertiary/aromatic N) is 4. The smallest absolute Gasteiger partial charge is 0.234 e. The zero-order valence-electron chi connectivity index (χ0n) is 20.1. The van der Waals surface area contributed by atoms with E-state index in [0.717, 1.165) is 67.7 Å². The van der Waals surface area contributed by atoms with Gasteiger partial charge in [0, 0.05) is 42.5 Å². The van der Waals surface area contributed by atoms with E-state index in [1.54, 1.807) is 0 Å². The number of hydrogen-bond donors (Lipinski definition) is 1. The van der Waals surface area contributed by atoms with Crippen molar-refractivity contribution < 1.29 is 4.79 Å². The number of nitrogens with one attached hydrogen (secondary N) is 1. The predicted molar refractivity (Wildman–Crippen MR) is 137 cm³/mol. The molecule has 2 aromatic carbocycles. The van der Waals surface area contributed by atoms with Gasteiger partial charge in [0.15, 0.2) is 0 Å². The summed E-state index contributed by atoms with van der Waals surface area (Å²) in [6, 6.07) is 18.4. The van der Waals surface area contributed by atoms with Crippen molar-refractivity contribution in [3.8, 4) is 0 Å². The van der Waals surface area contributed by atoms with E-state index in [9.17, 15) is 4.79 Å². The summed E-state index contributed by atoms with van der Waals surface area (Å²) >= 11 is 6.00. The molecule has 1 amide bonds. The lowest BCUT2D eigenvalue weighted by Crippen LogP contribution is -2.39. The van der Waals surface area contributed by atoms with Gasteiger partial charge in [-0.25, -0.2) is 0 Å². The molecule has 4 rings (SSSR count). The Morgan fingerprint density at radius 1 is 0.912 bits per heavy atom. The summed E-state index contributed by atoms with van der Waals surface area (Å²) in [5.74, 6) is 0.0701. The highest BCUT2D eigenvalue weighted by Crippen LogP contribution is 2.15. The highest BCUT2D eigenvalue weighted by Gasteiger charge is 2.18. The molecule has 3 aromatic rings. The first kappa shape index (κ1) is 24.5. The van der Waals surface area contributed by atoms with Crippen molar-refractivity contribution in [2.24, 2.45) is 0 Å². The van der Waals surface area contributed by atoms with Crippen LogP contribution in [0.4, 0.5) is 0 Å². The molecule has 1 fully saturated rings. The maximum Gasteiger partial charge on any atom is 0.234 e. The summed E-state index contributed by atoms with van der Waals surface area (Å²) in [6.45, 7) is 10.5. The molecule has 1 N–H and O–H groups in total. The number of benzene rings is 2. The van der Waals surface area contributed by atoms with Gasteiger partial charge in [0.25, 0.3) is 0 Å². The molecule has 0 atom stereocenters. The first-order valence-electron chi connectivity index (χ1n) is 12.0. The molecule has 1 aliphatic heterocycles. The van der Waals surface area contributed by atoms with Crippen molar-refractivity contribution in [2.75, 3.05) is 32.7 Å². The molecular weight excluding hydrogens is 446 g/mol. The minimum Gasteiger partial charge on any atom is -0.351 e. The van der Waals surface area contributed by atoms with Crippen LogP contribution in [-0.2, 0) is 24.4 Å². The lowest BCUT2D eigenvalue weighted by molar-refractivity contribution is -0.122. The van der Waals surface area contributed by atoms with Crippen LogP contribution >= 0.6 is 11.6 Å². The van der Waals surface area contributed by atoms with E-state index in [4.69, 9.17) is 16.7 Å². The average molecular weight is 480 g/mol. The van der Waals surface area contributed by atoms with Crippen molar-refractivity contribution in [1.82, 2.24) is 24.9 Å².